The third-order valence-corrected chi connectivity index (χ3v) is 11.1. The number of aromatic nitrogens is 1. The van der Waals surface area contributed by atoms with Gasteiger partial charge in [-0.25, -0.2) is 14.5 Å². The van der Waals surface area contributed by atoms with Crippen LogP contribution in [-0.2, 0) is 29.3 Å². The van der Waals surface area contributed by atoms with Gasteiger partial charge in [0.2, 0.25) is 11.8 Å². The van der Waals surface area contributed by atoms with Crippen LogP contribution >= 0.6 is 0 Å². The molecule has 2 heterocycles. The first-order valence-corrected chi connectivity index (χ1v) is 19.8. The summed E-state index contributed by atoms with van der Waals surface area (Å²) in [6.07, 6.45) is 0.00675. The van der Waals surface area contributed by atoms with E-state index in [0.29, 0.717) is 28.1 Å². The van der Waals surface area contributed by atoms with E-state index in [1.807, 2.05) is 35.1 Å². The molecule has 56 heavy (non-hydrogen) atoms. The molecule has 15 nitrogen and oxygen atoms in total. The molecule has 16 heteroatoms. The summed E-state index contributed by atoms with van der Waals surface area (Å²) in [6, 6.07) is 14.2. The van der Waals surface area contributed by atoms with Crippen LogP contribution in [0.5, 0.6) is 11.5 Å². The van der Waals surface area contributed by atoms with Crippen LogP contribution in [0.1, 0.15) is 60.8 Å². The van der Waals surface area contributed by atoms with Crippen molar-refractivity contribution in [2.45, 2.75) is 90.3 Å². The Labute approximate surface area is 328 Å². The van der Waals surface area contributed by atoms with Crippen LogP contribution in [0, 0.1) is 11.3 Å². The monoisotopic (exact) mass is 792 g/mol. The number of hydrogen-bond acceptors (Lipinski definition) is 10. The zero-order valence-corrected chi connectivity index (χ0v) is 34.2. The van der Waals surface area contributed by atoms with Gasteiger partial charge in [-0.2, -0.15) is 12.7 Å². The molecule has 1 aliphatic heterocycles. The molecule has 0 radical (unpaired) electrons. The fourth-order valence-electron chi connectivity index (χ4n) is 6.61. The highest BCUT2D eigenvalue weighted by Gasteiger charge is 2.62. The summed E-state index contributed by atoms with van der Waals surface area (Å²) in [6.45, 7) is 14.2. The Hall–Kier alpha value is -5.22. The molecular weight excluding hydrogens is 741 g/mol. The molecule has 1 saturated heterocycles. The van der Waals surface area contributed by atoms with Gasteiger partial charge < -0.3 is 24.8 Å². The van der Waals surface area contributed by atoms with Gasteiger partial charge in [0.15, 0.2) is 6.23 Å². The average Bonchev–Trinajstić information content (AvgIpc) is 3.68. The van der Waals surface area contributed by atoms with Gasteiger partial charge in [-0.05, 0) is 51.2 Å². The summed E-state index contributed by atoms with van der Waals surface area (Å²) in [5.41, 5.74) is -1.40. The largest absolute Gasteiger partial charge is 0.497 e. The standard InChI is InChI=1S/C40H52N6O9S/c1-11-25-23-40(25,36(49)44-56(51,52)45(8)9)43-34(47)30-19-20-32(46(30)35(48)33(38(2,3)4)42-37(50)55-39(5,6)7)54-31-22-28(24-15-13-12-14-16-24)41-29-21-26(53-10)17-18-27(29)31/h11-18,21-22,25,30,32-33H,1,19-20,23H2,2-10H3,(H,42,50)(H,43,47)(H,44,49)/t25?,30-,32+,33-,40?/m0/s1. The van der Waals surface area contributed by atoms with Crippen LogP contribution in [0.25, 0.3) is 22.2 Å². The Balaban J connectivity index is 1.57. The van der Waals surface area contributed by atoms with Gasteiger partial charge >= 0.3 is 16.3 Å². The minimum Gasteiger partial charge on any atom is -0.497 e. The van der Waals surface area contributed by atoms with Crippen molar-refractivity contribution in [3.8, 4) is 22.8 Å². The van der Waals surface area contributed by atoms with E-state index in [2.05, 4.69) is 17.2 Å². The number of nitrogens with one attached hydrogen (secondary N) is 3. The van der Waals surface area contributed by atoms with Crippen LogP contribution < -0.4 is 24.8 Å². The van der Waals surface area contributed by atoms with Crippen molar-refractivity contribution in [2.24, 2.45) is 11.3 Å². The summed E-state index contributed by atoms with van der Waals surface area (Å²) >= 11 is 0. The molecule has 5 rings (SSSR count). The maximum Gasteiger partial charge on any atom is 0.408 e. The molecule has 4 amide bonds. The van der Waals surface area contributed by atoms with E-state index >= 15 is 0 Å². The number of carbonyl (C=O) groups excluding carboxylic acids is 4. The first-order valence-electron chi connectivity index (χ1n) is 18.3. The van der Waals surface area contributed by atoms with Crippen LogP contribution in [-0.4, -0.2) is 97.1 Å². The molecule has 0 bridgehead atoms. The van der Waals surface area contributed by atoms with Crippen molar-refractivity contribution in [3.63, 3.8) is 0 Å². The van der Waals surface area contributed by atoms with E-state index in [4.69, 9.17) is 19.2 Å². The molecule has 3 N–H and O–H groups in total. The molecule has 3 aromatic rings. The van der Waals surface area contributed by atoms with Crippen LogP contribution in [0.2, 0.25) is 0 Å². The smallest absolute Gasteiger partial charge is 0.408 e. The highest BCUT2D eigenvalue weighted by Crippen LogP contribution is 2.45. The number of methoxy groups -OCH3 is 1. The third kappa shape index (κ3) is 9.07. The lowest BCUT2D eigenvalue weighted by molar-refractivity contribution is -0.149. The minimum absolute atomic E-state index is 0.0944. The van der Waals surface area contributed by atoms with Gasteiger partial charge in [0, 0.05) is 49.5 Å². The molecule has 5 atom stereocenters. The lowest BCUT2D eigenvalue weighted by Gasteiger charge is -2.38. The maximum atomic E-state index is 14.9. The number of alkyl carbamates (subject to hydrolysis) is 1. The summed E-state index contributed by atoms with van der Waals surface area (Å²) in [7, 11) is -0.107. The molecule has 1 aliphatic carbocycles. The van der Waals surface area contributed by atoms with E-state index in [9.17, 15) is 27.6 Å². The number of fused-ring (bicyclic) bond motifs is 1. The molecule has 302 valence electrons. The lowest BCUT2D eigenvalue weighted by Crippen LogP contribution is -2.62. The Morgan fingerprint density at radius 2 is 1.70 bits per heavy atom. The SMILES string of the molecule is C=CC1CC1(NC(=O)[C@@H]1CC[C@@H](Oc2cc(-c3ccccc3)nc3cc(OC)ccc23)N1C(=O)[C@H](NC(=O)OC(C)(C)C)C(C)(C)C)C(=O)NS(=O)(=O)N(C)C. The quantitative estimate of drug-likeness (QED) is 0.220. The van der Waals surface area contributed by atoms with Crippen molar-refractivity contribution in [3.05, 3.63) is 67.3 Å². The third-order valence-electron chi connectivity index (χ3n) is 9.73. The molecule has 2 aliphatic rings. The first kappa shape index (κ1) is 41.9. The second-order valence-corrected chi connectivity index (χ2v) is 18.2. The van der Waals surface area contributed by atoms with Crippen molar-refractivity contribution >= 4 is 44.9 Å². The highest BCUT2D eigenvalue weighted by atomic mass is 32.2. The number of amides is 4. The van der Waals surface area contributed by atoms with Gasteiger partial charge in [0.1, 0.15) is 34.7 Å². The number of benzene rings is 2. The topological polar surface area (TPSA) is 186 Å². The zero-order chi connectivity index (χ0) is 41.4. The number of carbonyl (C=O) groups is 4. The fraction of sp³-hybridized carbons (Fsp3) is 0.475. The Bertz CT molecular complexity index is 2110. The summed E-state index contributed by atoms with van der Waals surface area (Å²) in [5.74, 6) is -1.88. The Morgan fingerprint density at radius 1 is 1.02 bits per heavy atom. The van der Waals surface area contributed by atoms with E-state index in [-0.39, 0.29) is 19.3 Å². The van der Waals surface area contributed by atoms with Gasteiger partial charge in [-0.3, -0.25) is 19.3 Å². The molecular formula is C40H52N6O9S. The van der Waals surface area contributed by atoms with E-state index in [1.54, 1.807) is 72.9 Å². The van der Waals surface area contributed by atoms with E-state index in [0.717, 1.165) is 9.87 Å². The number of ether oxygens (including phenoxy) is 3. The van der Waals surface area contributed by atoms with Crippen molar-refractivity contribution in [1.29, 1.82) is 0 Å². The first-order chi connectivity index (χ1) is 26.1. The fourth-order valence-corrected chi connectivity index (χ4v) is 7.21. The molecule has 2 aromatic carbocycles. The van der Waals surface area contributed by atoms with Crippen molar-refractivity contribution in [1.82, 2.24) is 29.5 Å². The number of nitrogens with zero attached hydrogens (tertiary/aromatic N) is 3. The van der Waals surface area contributed by atoms with Crippen LogP contribution in [0.4, 0.5) is 4.79 Å². The predicted octanol–water partition coefficient (Wildman–Crippen LogP) is 4.53. The molecule has 0 spiro atoms. The molecule has 1 saturated carbocycles. The second kappa shape index (κ2) is 15.7. The molecule has 1 aromatic heterocycles. The van der Waals surface area contributed by atoms with Gasteiger partial charge in [0.25, 0.3) is 5.91 Å². The van der Waals surface area contributed by atoms with Crippen LogP contribution in [0.15, 0.2) is 67.3 Å². The second-order valence-electron chi connectivity index (χ2n) is 16.3. The van der Waals surface area contributed by atoms with Gasteiger partial charge in [0.05, 0.1) is 18.3 Å². The summed E-state index contributed by atoms with van der Waals surface area (Å²) in [4.78, 5) is 62.2. The number of rotatable bonds is 12. The van der Waals surface area contributed by atoms with Crippen molar-refractivity contribution < 1.29 is 41.8 Å². The maximum absolute atomic E-state index is 14.9. The average molecular weight is 793 g/mol. The van der Waals surface area contributed by atoms with E-state index < -0.39 is 74.8 Å². The van der Waals surface area contributed by atoms with Crippen molar-refractivity contribution in [2.75, 3.05) is 21.2 Å². The Kier molecular flexibility index (Phi) is 11.8. The summed E-state index contributed by atoms with van der Waals surface area (Å²) in [5, 5.41) is 6.12. The lowest BCUT2D eigenvalue weighted by atomic mass is 9.85. The number of pyridine rings is 1. The Morgan fingerprint density at radius 3 is 2.27 bits per heavy atom. The molecule has 2 fully saturated rings. The van der Waals surface area contributed by atoms with Gasteiger partial charge in [-0.1, -0.05) is 57.2 Å². The summed E-state index contributed by atoms with van der Waals surface area (Å²) < 4.78 is 45.9. The van der Waals surface area contributed by atoms with E-state index in [1.165, 1.54) is 25.1 Å². The highest BCUT2D eigenvalue weighted by molar-refractivity contribution is 7.87. The minimum atomic E-state index is -4.19. The molecule has 2 unspecified atom stereocenters. The number of likely N-dealkylation sites (tertiary alicyclic amines) is 1. The zero-order valence-electron chi connectivity index (χ0n) is 33.3. The normalized spacial score (nSPS) is 21.5. The predicted molar refractivity (Wildman–Crippen MR) is 211 cm³/mol. The number of hydrogen-bond donors (Lipinski definition) is 3. The van der Waals surface area contributed by atoms with Crippen LogP contribution in [0.3, 0.4) is 0 Å². The van der Waals surface area contributed by atoms with Gasteiger partial charge in [-0.15, -0.1) is 6.58 Å².